The summed E-state index contributed by atoms with van der Waals surface area (Å²) in [6.45, 7) is 6.46. The number of fused-ring (bicyclic) bond motifs is 1. The summed E-state index contributed by atoms with van der Waals surface area (Å²) >= 11 is 6.00. The first kappa shape index (κ1) is 12.4. The molecule has 2 aromatic heterocycles. The van der Waals surface area contributed by atoms with Crippen molar-refractivity contribution in [3.05, 3.63) is 11.5 Å². The van der Waals surface area contributed by atoms with Crippen molar-refractivity contribution in [2.45, 2.75) is 45.5 Å². The number of imidazole rings is 1. The maximum absolute atomic E-state index is 6.00. The van der Waals surface area contributed by atoms with Crippen molar-refractivity contribution < 1.29 is 0 Å². The first-order valence-electron chi connectivity index (χ1n) is 6.12. The van der Waals surface area contributed by atoms with Gasteiger partial charge in [-0.2, -0.15) is 5.10 Å². The standard InChI is InChI=1S/C12H19ClN4/c1-5-8(3)17-10(7-13)14-11-9(6-2)15-16(4)12(11)17/h8H,5-7H2,1-4H3. The highest BCUT2D eigenvalue weighted by molar-refractivity contribution is 6.16. The van der Waals surface area contributed by atoms with Gasteiger partial charge in [0.25, 0.3) is 0 Å². The fourth-order valence-corrected chi connectivity index (χ4v) is 2.41. The first-order chi connectivity index (χ1) is 8.13. The second-order valence-corrected chi connectivity index (χ2v) is 4.65. The Morgan fingerprint density at radius 2 is 2.06 bits per heavy atom. The van der Waals surface area contributed by atoms with Crippen molar-refractivity contribution in [1.82, 2.24) is 19.3 Å². The molecule has 0 radical (unpaired) electrons. The molecule has 0 aliphatic rings. The molecule has 5 heteroatoms. The Bertz CT molecular complexity index is 526. The summed E-state index contributed by atoms with van der Waals surface area (Å²) in [5.41, 5.74) is 3.15. The topological polar surface area (TPSA) is 35.6 Å². The number of rotatable bonds is 4. The van der Waals surface area contributed by atoms with Crippen LogP contribution in [0.5, 0.6) is 0 Å². The number of halogens is 1. The van der Waals surface area contributed by atoms with Gasteiger partial charge in [0.2, 0.25) is 0 Å². The van der Waals surface area contributed by atoms with Crippen LogP contribution in [0.4, 0.5) is 0 Å². The van der Waals surface area contributed by atoms with Gasteiger partial charge in [0.1, 0.15) is 11.3 Å². The molecule has 0 aromatic carbocycles. The predicted octanol–water partition coefficient (Wildman–Crippen LogP) is 3.04. The zero-order valence-electron chi connectivity index (χ0n) is 10.9. The summed E-state index contributed by atoms with van der Waals surface area (Å²) in [6, 6.07) is 0.397. The molecule has 2 aromatic rings. The minimum absolute atomic E-state index is 0.397. The average Bonchev–Trinajstić information content (AvgIpc) is 2.86. The molecule has 17 heavy (non-hydrogen) atoms. The number of hydrogen-bond donors (Lipinski definition) is 0. The molecule has 2 heterocycles. The molecule has 0 fully saturated rings. The molecular weight excluding hydrogens is 236 g/mol. The van der Waals surface area contributed by atoms with E-state index in [1.54, 1.807) is 0 Å². The van der Waals surface area contributed by atoms with Crippen LogP contribution in [0.3, 0.4) is 0 Å². The number of hydrogen-bond acceptors (Lipinski definition) is 2. The molecule has 4 nitrogen and oxygen atoms in total. The van der Waals surface area contributed by atoms with Crippen LogP contribution in [0.25, 0.3) is 11.2 Å². The molecule has 0 aliphatic heterocycles. The van der Waals surface area contributed by atoms with E-state index in [-0.39, 0.29) is 0 Å². The largest absolute Gasteiger partial charge is 0.309 e. The Morgan fingerprint density at radius 1 is 1.35 bits per heavy atom. The fourth-order valence-electron chi connectivity index (χ4n) is 2.23. The Morgan fingerprint density at radius 3 is 2.59 bits per heavy atom. The summed E-state index contributed by atoms with van der Waals surface area (Å²) in [6.07, 6.45) is 1.96. The van der Waals surface area contributed by atoms with Crippen LogP contribution in [0.1, 0.15) is 44.8 Å². The molecule has 2 rings (SSSR count). The van der Waals surface area contributed by atoms with E-state index in [1.165, 1.54) is 0 Å². The number of aryl methyl sites for hydroxylation is 2. The highest BCUT2D eigenvalue weighted by Crippen LogP contribution is 2.26. The maximum Gasteiger partial charge on any atom is 0.158 e. The lowest BCUT2D eigenvalue weighted by molar-refractivity contribution is 0.517. The van der Waals surface area contributed by atoms with Crippen LogP contribution >= 0.6 is 11.6 Å². The average molecular weight is 255 g/mol. The Kier molecular flexibility index (Phi) is 3.43. The minimum atomic E-state index is 0.397. The summed E-state index contributed by atoms with van der Waals surface area (Å²) in [5.74, 6) is 1.39. The van der Waals surface area contributed by atoms with Gasteiger partial charge in [0.15, 0.2) is 5.65 Å². The van der Waals surface area contributed by atoms with Gasteiger partial charge in [0, 0.05) is 13.1 Å². The minimum Gasteiger partial charge on any atom is -0.309 e. The Hall–Kier alpha value is -1.03. The molecule has 0 N–H and O–H groups in total. The van der Waals surface area contributed by atoms with Gasteiger partial charge in [-0.1, -0.05) is 13.8 Å². The van der Waals surface area contributed by atoms with Crippen molar-refractivity contribution in [3.63, 3.8) is 0 Å². The highest BCUT2D eigenvalue weighted by Gasteiger charge is 2.20. The number of alkyl halides is 1. The molecule has 0 amide bonds. The normalized spacial score (nSPS) is 13.5. The third-order valence-electron chi connectivity index (χ3n) is 3.30. The van der Waals surface area contributed by atoms with E-state index in [0.29, 0.717) is 11.9 Å². The molecule has 0 bridgehead atoms. The van der Waals surface area contributed by atoms with E-state index in [4.69, 9.17) is 11.6 Å². The van der Waals surface area contributed by atoms with Crippen LogP contribution in [0.2, 0.25) is 0 Å². The van der Waals surface area contributed by atoms with Crippen molar-refractivity contribution >= 4 is 22.8 Å². The second kappa shape index (κ2) is 4.69. The monoisotopic (exact) mass is 254 g/mol. The van der Waals surface area contributed by atoms with E-state index in [2.05, 4.69) is 35.4 Å². The van der Waals surface area contributed by atoms with E-state index >= 15 is 0 Å². The van der Waals surface area contributed by atoms with Crippen LogP contribution in [-0.2, 0) is 19.3 Å². The lowest BCUT2D eigenvalue weighted by atomic mass is 10.2. The zero-order valence-corrected chi connectivity index (χ0v) is 11.6. The van der Waals surface area contributed by atoms with E-state index < -0.39 is 0 Å². The predicted molar refractivity (Wildman–Crippen MR) is 70.4 cm³/mol. The van der Waals surface area contributed by atoms with Gasteiger partial charge in [-0.25, -0.2) is 4.98 Å². The van der Waals surface area contributed by atoms with Crippen molar-refractivity contribution in [1.29, 1.82) is 0 Å². The summed E-state index contributed by atoms with van der Waals surface area (Å²) in [4.78, 5) is 4.64. The lowest BCUT2D eigenvalue weighted by Gasteiger charge is -2.14. The quantitative estimate of drug-likeness (QED) is 0.787. The molecular formula is C12H19ClN4. The van der Waals surface area contributed by atoms with Gasteiger partial charge in [-0.15, -0.1) is 11.6 Å². The van der Waals surface area contributed by atoms with Crippen LogP contribution in [0, 0.1) is 0 Å². The number of aromatic nitrogens is 4. The summed E-state index contributed by atoms with van der Waals surface area (Å²) in [7, 11) is 1.97. The Balaban J connectivity index is 2.74. The van der Waals surface area contributed by atoms with E-state index in [1.807, 2.05) is 11.7 Å². The number of nitrogens with zero attached hydrogens (tertiary/aromatic N) is 4. The third-order valence-corrected chi connectivity index (χ3v) is 3.53. The molecule has 0 saturated heterocycles. The third kappa shape index (κ3) is 1.84. The molecule has 0 spiro atoms. The molecule has 94 valence electrons. The summed E-state index contributed by atoms with van der Waals surface area (Å²) in [5, 5.41) is 4.51. The van der Waals surface area contributed by atoms with Gasteiger partial charge >= 0.3 is 0 Å². The van der Waals surface area contributed by atoms with Gasteiger partial charge < -0.3 is 4.57 Å². The fraction of sp³-hybridized carbons (Fsp3) is 0.667. The Labute approximate surface area is 107 Å². The first-order valence-corrected chi connectivity index (χ1v) is 6.66. The van der Waals surface area contributed by atoms with Crippen LogP contribution in [0.15, 0.2) is 0 Å². The summed E-state index contributed by atoms with van der Waals surface area (Å²) < 4.78 is 4.14. The SMILES string of the molecule is CCc1nn(C)c2c1nc(CCl)n2C(C)CC. The van der Waals surface area contributed by atoms with Crippen LogP contribution < -0.4 is 0 Å². The van der Waals surface area contributed by atoms with Crippen molar-refractivity contribution in [2.75, 3.05) is 0 Å². The van der Waals surface area contributed by atoms with Gasteiger partial charge in [0.05, 0.1) is 11.6 Å². The zero-order chi connectivity index (χ0) is 12.6. The van der Waals surface area contributed by atoms with Gasteiger partial charge in [-0.05, 0) is 19.8 Å². The van der Waals surface area contributed by atoms with Crippen molar-refractivity contribution in [3.8, 4) is 0 Å². The second-order valence-electron chi connectivity index (χ2n) is 4.39. The smallest absolute Gasteiger partial charge is 0.158 e. The van der Waals surface area contributed by atoms with Crippen LogP contribution in [-0.4, -0.2) is 19.3 Å². The lowest BCUT2D eigenvalue weighted by Crippen LogP contribution is -2.10. The maximum atomic E-state index is 6.00. The molecule has 0 saturated carbocycles. The molecule has 0 aliphatic carbocycles. The molecule has 1 atom stereocenters. The van der Waals surface area contributed by atoms with E-state index in [0.717, 1.165) is 35.5 Å². The highest BCUT2D eigenvalue weighted by atomic mass is 35.5. The van der Waals surface area contributed by atoms with E-state index in [9.17, 15) is 0 Å². The van der Waals surface area contributed by atoms with Gasteiger partial charge in [-0.3, -0.25) is 4.68 Å². The van der Waals surface area contributed by atoms with Crippen molar-refractivity contribution in [2.24, 2.45) is 7.05 Å². The molecule has 1 unspecified atom stereocenters.